The number of amides is 1. The molecule has 16 heteroatoms. The number of nitrogens with zero attached hydrogens (tertiary/aromatic N) is 6. The number of nitrogens with one attached hydrogen (secondary N) is 1. The number of ether oxygens (including phenoxy) is 2. The third-order valence-corrected chi connectivity index (χ3v) is 11.4. The van der Waals surface area contributed by atoms with E-state index < -0.39 is 44.7 Å². The van der Waals surface area contributed by atoms with Crippen molar-refractivity contribution < 1.29 is 31.5 Å². The summed E-state index contributed by atoms with van der Waals surface area (Å²) < 4.78 is 70.3. The highest BCUT2D eigenvalue weighted by molar-refractivity contribution is 7.90. The number of hydrogen-bond acceptors (Lipinski definition) is 9. The van der Waals surface area contributed by atoms with E-state index in [-0.39, 0.29) is 47.8 Å². The van der Waals surface area contributed by atoms with Crippen LogP contribution in [0.4, 0.5) is 25.0 Å². The summed E-state index contributed by atoms with van der Waals surface area (Å²) in [6, 6.07) is 15.8. The van der Waals surface area contributed by atoms with E-state index >= 15 is 4.39 Å². The Morgan fingerprint density at radius 2 is 1.74 bits per heavy atom. The molecule has 278 valence electrons. The van der Waals surface area contributed by atoms with Crippen molar-refractivity contribution in [3.05, 3.63) is 82.7 Å². The quantitative estimate of drug-likeness (QED) is 0.250. The SMILES string of the molecule is CC(C)(C)OC(=O)N1CC2(CCN(c3ccc(-n4cnc5ccc(Oc6c(F)ccc(NS(=O)(=O)N7CC[C@@H](F)C7)c6C#N)cc5c4=O)cc3)CC2)C1. The first-order valence-electron chi connectivity index (χ1n) is 17.3. The van der Waals surface area contributed by atoms with Gasteiger partial charge in [-0.1, -0.05) is 0 Å². The van der Waals surface area contributed by atoms with Gasteiger partial charge in [-0.05, 0) is 94.6 Å². The van der Waals surface area contributed by atoms with Crippen LogP contribution in [0.5, 0.6) is 11.5 Å². The van der Waals surface area contributed by atoms with Crippen LogP contribution in [0.25, 0.3) is 16.6 Å². The number of carbonyl (C=O) groups excluding carboxylic acids is 1. The Bertz CT molecular complexity index is 2270. The van der Waals surface area contributed by atoms with E-state index in [9.17, 15) is 27.7 Å². The zero-order valence-electron chi connectivity index (χ0n) is 29.5. The molecular weight excluding hydrogens is 709 g/mol. The van der Waals surface area contributed by atoms with Gasteiger partial charge in [-0.25, -0.2) is 18.6 Å². The molecule has 1 atom stereocenters. The van der Waals surface area contributed by atoms with E-state index in [4.69, 9.17) is 9.47 Å². The van der Waals surface area contributed by atoms with Gasteiger partial charge in [-0.2, -0.15) is 18.0 Å². The number of halogens is 2. The zero-order chi connectivity index (χ0) is 37.7. The first-order valence-corrected chi connectivity index (χ1v) is 18.7. The fourth-order valence-corrected chi connectivity index (χ4v) is 8.31. The van der Waals surface area contributed by atoms with Crippen molar-refractivity contribution in [1.29, 1.82) is 5.26 Å². The average molecular weight is 748 g/mol. The molecule has 0 saturated carbocycles. The lowest BCUT2D eigenvalue weighted by atomic mass is 9.72. The summed E-state index contributed by atoms with van der Waals surface area (Å²) in [5, 5.41) is 10.1. The Balaban J connectivity index is 1.05. The number of benzene rings is 3. The van der Waals surface area contributed by atoms with Crippen molar-refractivity contribution >= 4 is 38.6 Å². The van der Waals surface area contributed by atoms with Gasteiger partial charge in [0.05, 0.1) is 22.3 Å². The molecule has 0 unspecified atom stereocenters. The average Bonchev–Trinajstić information content (AvgIpc) is 3.56. The van der Waals surface area contributed by atoms with E-state index in [1.54, 1.807) is 11.0 Å². The number of carbonyl (C=O) groups is 1. The number of piperidine rings is 1. The topological polar surface area (TPSA) is 150 Å². The minimum atomic E-state index is -4.23. The number of hydrogen-bond donors (Lipinski definition) is 1. The first kappa shape index (κ1) is 36.1. The maximum Gasteiger partial charge on any atom is 0.410 e. The summed E-state index contributed by atoms with van der Waals surface area (Å²) in [6.45, 7) is 8.29. The van der Waals surface area contributed by atoms with E-state index in [0.29, 0.717) is 24.3 Å². The number of alkyl halides is 1. The second-order valence-electron chi connectivity index (χ2n) is 14.8. The highest BCUT2D eigenvalue weighted by atomic mass is 32.2. The summed E-state index contributed by atoms with van der Waals surface area (Å²) in [4.78, 5) is 34.6. The molecule has 1 aromatic heterocycles. The van der Waals surface area contributed by atoms with Crippen molar-refractivity contribution in [2.24, 2.45) is 5.41 Å². The highest BCUT2D eigenvalue weighted by Crippen LogP contribution is 2.42. The van der Waals surface area contributed by atoms with E-state index in [1.807, 2.05) is 45.0 Å². The van der Waals surface area contributed by atoms with Crippen molar-refractivity contribution in [1.82, 2.24) is 18.8 Å². The van der Waals surface area contributed by atoms with Gasteiger partial charge in [0.25, 0.3) is 5.56 Å². The molecule has 4 heterocycles. The summed E-state index contributed by atoms with van der Waals surface area (Å²) in [6.07, 6.45) is 1.80. The van der Waals surface area contributed by atoms with Crippen molar-refractivity contribution in [3.63, 3.8) is 0 Å². The van der Waals surface area contributed by atoms with Gasteiger partial charge in [0.2, 0.25) is 0 Å². The lowest BCUT2D eigenvalue weighted by Gasteiger charge is -2.54. The smallest absolute Gasteiger partial charge is 0.410 e. The normalized spacial score (nSPS) is 18.8. The van der Waals surface area contributed by atoms with Crippen LogP contribution < -0.4 is 19.9 Å². The molecule has 7 rings (SSSR count). The van der Waals surface area contributed by atoms with Crippen molar-refractivity contribution in [3.8, 4) is 23.3 Å². The summed E-state index contributed by atoms with van der Waals surface area (Å²) in [5.41, 5.74) is 0.460. The van der Waals surface area contributed by atoms with Gasteiger partial charge in [0.1, 0.15) is 35.5 Å². The summed E-state index contributed by atoms with van der Waals surface area (Å²) in [5.74, 6) is -1.46. The molecule has 3 saturated heterocycles. The number of fused-ring (bicyclic) bond motifs is 1. The largest absolute Gasteiger partial charge is 0.453 e. The molecule has 3 aliphatic heterocycles. The van der Waals surface area contributed by atoms with Crippen molar-refractivity contribution in [2.45, 2.75) is 51.8 Å². The molecular formula is C37H39F2N7O6S. The van der Waals surface area contributed by atoms with E-state index in [2.05, 4.69) is 14.6 Å². The first-order chi connectivity index (χ1) is 25.1. The molecule has 1 spiro atoms. The Hall–Kier alpha value is -5.27. The molecule has 3 aromatic carbocycles. The maximum atomic E-state index is 15.1. The number of anilines is 2. The van der Waals surface area contributed by atoms with Gasteiger partial charge in [-0.3, -0.25) is 14.1 Å². The van der Waals surface area contributed by atoms with Gasteiger partial charge < -0.3 is 19.3 Å². The van der Waals surface area contributed by atoms with Crippen LogP contribution in [0.2, 0.25) is 0 Å². The monoisotopic (exact) mass is 747 g/mol. The standard InChI is InChI=1S/C37H39F2N7O6S/c1-36(2,3)52-35(48)44-21-37(22-44)13-16-43(17-14-37)25-4-6-26(7-5-25)46-23-41-31-10-8-27(18-28(31)34(46)47)51-33-29(19-40)32(11-9-30(33)39)42-53(49,50)45-15-12-24(38)20-45/h4-11,18,23-24,42H,12-17,20-22H2,1-3H3/t24-/m1/s1. The molecule has 0 aliphatic carbocycles. The predicted molar refractivity (Wildman–Crippen MR) is 194 cm³/mol. The fourth-order valence-electron chi connectivity index (χ4n) is 7.03. The molecule has 53 heavy (non-hydrogen) atoms. The maximum absolute atomic E-state index is 15.1. The fraction of sp³-hybridized carbons (Fsp3) is 0.405. The molecule has 1 amide bonds. The highest BCUT2D eigenvalue weighted by Gasteiger charge is 2.47. The second kappa shape index (κ2) is 13.6. The van der Waals surface area contributed by atoms with Gasteiger partial charge >= 0.3 is 16.3 Å². The Morgan fingerprint density at radius 1 is 1.04 bits per heavy atom. The lowest BCUT2D eigenvalue weighted by molar-refractivity contribution is -0.0434. The van der Waals surface area contributed by atoms with Crippen LogP contribution in [0.1, 0.15) is 45.6 Å². The van der Waals surface area contributed by atoms with Crippen LogP contribution in [0.3, 0.4) is 0 Å². The van der Waals surface area contributed by atoms with Gasteiger partial charge in [-0.15, -0.1) is 0 Å². The second-order valence-corrected chi connectivity index (χ2v) is 16.5. The van der Waals surface area contributed by atoms with E-state index in [1.165, 1.54) is 29.1 Å². The van der Waals surface area contributed by atoms with Crippen molar-refractivity contribution in [2.75, 3.05) is 48.9 Å². The Kier molecular flexibility index (Phi) is 9.27. The molecule has 3 fully saturated rings. The van der Waals surface area contributed by atoms with Gasteiger partial charge in [0.15, 0.2) is 11.6 Å². The van der Waals surface area contributed by atoms with Crippen LogP contribution in [0.15, 0.2) is 65.7 Å². The molecule has 1 N–H and O–H groups in total. The minimum Gasteiger partial charge on any atom is -0.453 e. The van der Waals surface area contributed by atoms with Gasteiger partial charge in [0, 0.05) is 50.4 Å². The minimum absolute atomic E-state index is 0.0169. The summed E-state index contributed by atoms with van der Waals surface area (Å²) in [7, 11) is -4.23. The Labute approximate surface area is 305 Å². The van der Waals surface area contributed by atoms with E-state index in [0.717, 1.165) is 48.1 Å². The van der Waals surface area contributed by atoms with Crippen LogP contribution in [-0.4, -0.2) is 84.3 Å². The number of rotatable bonds is 7. The molecule has 13 nitrogen and oxygen atoms in total. The predicted octanol–water partition coefficient (Wildman–Crippen LogP) is 5.73. The lowest BCUT2D eigenvalue weighted by Crippen LogP contribution is -2.62. The van der Waals surface area contributed by atoms with Crippen LogP contribution in [-0.2, 0) is 14.9 Å². The third-order valence-electron chi connectivity index (χ3n) is 9.86. The molecule has 0 bridgehead atoms. The molecule has 4 aromatic rings. The Morgan fingerprint density at radius 3 is 2.38 bits per heavy atom. The number of nitriles is 1. The third kappa shape index (κ3) is 7.36. The zero-order valence-corrected chi connectivity index (χ0v) is 30.3. The number of likely N-dealkylation sites (tertiary alicyclic amines) is 1. The molecule has 0 radical (unpaired) electrons. The number of aromatic nitrogens is 2. The summed E-state index contributed by atoms with van der Waals surface area (Å²) >= 11 is 0. The molecule has 3 aliphatic rings. The van der Waals surface area contributed by atoms with Crippen LogP contribution >= 0.6 is 0 Å². The van der Waals surface area contributed by atoms with Crippen LogP contribution in [0, 0.1) is 22.6 Å².